The number of nitrogens with zero attached hydrogens (tertiary/aromatic N) is 2. The number of carbonyl (C=O) groups excluding carboxylic acids is 1. The van der Waals surface area contributed by atoms with Crippen molar-refractivity contribution in [3.63, 3.8) is 0 Å². The number of aliphatic hydroxyl groups is 2. The quantitative estimate of drug-likeness (QED) is 0.602. The van der Waals surface area contributed by atoms with Crippen molar-refractivity contribution in [2.45, 2.75) is 19.1 Å². The fourth-order valence-electron chi connectivity index (χ4n) is 0.958. The third-order valence-corrected chi connectivity index (χ3v) is 3.70. The first-order valence-corrected chi connectivity index (χ1v) is 6.31. The van der Waals surface area contributed by atoms with Crippen LogP contribution in [0.1, 0.15) is 18.0 Å². The molecule has 2 unspecified atom stereocenters. The summed E-state index contributed by atoms with van der Waals surface area (Å²) in [6, 6.07) is 0. The number of carbonyl (C=O) groups is 1. The van der Waals surface area contributed by atoms with Crippen molar-refractivity contribution in [2.75, 3.05) is 5.75 Å². The molecule has 0 saturated carbocycles. The summed E-state index contributed by atoms with van der Waals surface area (Å²) in [6.07, 6.45) is -1.48. The van der Waals surface area contributed by atoms with Crippen molar-refractivity contribution in [1.29, 1.82) is 0 Å². The maximum atomic E-state index is 10.7. The van der Waals surface area contributed by atoms with Crippen molar-refractivity contribution >= 4 is 33.2 Å². The highest BCUT2D eigenvalue weighted by molar-refractivity contribution is 8.13. The Balaban J connectivity index is 2.64. The molecule has 17 heavy (non-hydrogen) atoms. The fourth-order valence-corrected chi connectivity index (χ4v) is 2.32. The van der Waals surface area contributed by atoms with E-state index in [1.165, 1.54) is 6.92 Å². The first kappa shape index (κ1) is 14.0. The normalized spacial score (nSPS) is 14.3. The summed E-state index contributed by atoms with van der Waals surface area (Å²) in [6.45, 7) is 1.35. The van der Waals surface area contributed by atoms with Crippen molar-refractivity contribution < 1.29 is 19.9 Å². The number of hydrogen-bond acceptors (Lipinski definition) is 8. The second-order valence-electron chi connectivity index (χ2n) is 3.11. The molecule has 0 aliphatic carbocycles. The summed E-state index contributed by atoms with van der Waals surface area (Å²) in [4.78, 5) is 24.1. The Morgan fingerprint density at radius 2 is 2.35 bits per heavy atom. The second kappa shape index (κ2) is 6.05. The largest absolute Gasteiger partial charge is 0.389 e. The van der Waals surface area contributed by atoms with E-state index in [1.807, 2.05) is 0 Å². The van der Waals surface area contributed by atoms with E-state index in [0.29, 0.717) is 11.3 Å². The second-order valence-corrected chi connectivity index (χ2v) is 5.35. The Labute approximate surface area is 105 Å². The van der Waals surface area contributed by atoms with E-state index in [2.05, 4.69) is 4.98 Å². The molecule has 0 spiro atoms. The molecule has 9 heteroatoms. The van der Waals surface area contributed by atoms with Crippen LogP contribution in [-0.2, 0) is 4.79 Å². The van der Waals surface area contributed by atoms with Crippen LogP contribution in [0.5, 0.6) is 0 Å². The number of hydrogen-bond donors (Lipinski definition) is 2. The number of nitro groups is 1. The van der Waals surface area contributed by atoms with Gasteiger partial charge in [0.2, 0.25) is 0 Å². The van der Waals surface area contributed by atoms with Gasteiger partial charge in [-0.15, -0.1) is 0 Å². The average Bonchev–Trinajstić information content (AvgIpc) is 2.73. The zero-order valence-electron chi connectivity index (χ0n) is 8.77. The van der Waals surface area contributed by atoms with Gasteiger partial charge in [0.05, 0.1) is 11.0 Å². The highest BCUT2D eigenvalue weighted by atomic mass is 32.2. The van der Waals surface area contributed by atoms with Gasteiger partial charge in [0.25, 0.3) is 0 Å². The highest BCUT2D eigenvalue weighted by Gasteiger charge is 2.24. The van der Waals surface area contributed by atoms with Crippen LogP contribution in [-0.4, -0.2) is 37.1 Å². The van der Waals surface area contributed by atoms with Crippen LogP contribution in [0.4, 0.5) is 5.00 Å². The van der Waals surface area contributed by atoms with Crippen LogP contribution in [0.3, 0.4) is 0 Å². The number of aromatic nitrogens is 1. The van der Waals surface area contributed by atoms with Gasteiger partial charge < -0.3 is 10.2 Å². The highest BCUT2D eigenvalue weighted by Crippen LogP contribution is 2.28. The molecule has 2 N–H and O–H groups in total. The molecule has 0 aliphatic rings. The molecule has 1 aromatic heterocycles. The van der Waals surface area contributed by atoms with Crippen molar-refractivity contribution in [3.05, 3.63) is 21.3 Å². The lowest BCUT2D eigenvalue weighted by Crippen LogP contribution is -2.21. The van der Waals surface area contributed by atoms with Gasteiger partial charge in [-0.3, -0.25) is 14.9 Å². The van der Waals surface area contributed by atoms with E-state index in [4.69, 9.17) is 0 Å². The summed E-state index contributed by atoms with van der Waals surface area (Å²) in [5.74, 6) is 0.0177. The molecule has 7 nitrogen and oxygen atoms in total. The molecule has 94 valence electrons. The van der Waals surface area contributed by atoms with Gasteiger partial charge in [-0.25, -0.2) is 4.98 Å². The lowest BCUT2D eigenvalue weighted by atomic mass is 10.2. The Morgan fingerprint density at radius 1 is 1.71 bits per heavy atom. The summed E-state index contributed by atoms with van der Waals surface area (Å²) in [7, 11) is 0. The minimum absolute atomic E-state index is 0.0177. The van der Waals surface area contributed by atoms with E-state index in [-0.39, 0.29) is 20.9 Å². The molecule has 1 aromatic rings. The van der Waals surface area contributed by atoms with Gasteiger partial charge in [-0.05, 0) is 11.3 Å². The smallest absolute Gasteiger partial charge is 0.344 e. The van der Waals surface area contributed by atoms with Crippen molar-refractivity contribution in [2.24, 2.45) is 0 Å². The van der Waals surface area contributed by atoms with Crippen LogP contribution in [0.25, 0.3) is 0 Å². The van der Waals surface area contributed by atoms with Crippen LogP contribution >= 0.6 is 23.1 Å². The lowest BCUT2D eigenvalue weighted by molar-refractivity contribution is -0.380. The summed E-state index contributed by atoms with van der Waals surface area (Å²) in [5.41, 5.74) is 0. The fraction of sp³-hybridized carbons (Fsp3) is 0.500. The Kier molecular flexibility index (Phi) is 5.00. The van der Waals surface area contributed by atoms with Crippen LogP contribution in [0.15, 0.2) is 6.20 Å². The molecule has 0 bridgehead atoms. The summed E-state index contributed by atoms with van der Waals surface area (Å²) in [5, 5.41) is 29.3. The molecule has 0 radical (unpaired) electrons. The van der Waals surface area contributed by atoms with Gasteiger partial charge in [0, 0.05) is 12.7 Å². The Bertz CT molecular complexity index is 422. The average molecular weight is 278 g/mol. The summed E-state index contributed by atoms with van der Waals surface area (Å²) >= 11 is 1.57. The number of aliphatic hydroxyl groups excluding tert-OH is 2. The van der Waals surface area contributed by atoms with Gasteiger partial charge in [-0.1, -0.05) is 11.8 Å². The van der Waals surface area contributed by atoms with Gasteiger partial charge in [0.1, 0.15) is 17.3 Å². The van der Waals surface area contributed by atoms with E-state index in [1.54, 1.807) is 0 Å². The zero-order chi connectivity index (χ0) is 13.0. The predicted molar refractivity (Wildman–Crippen MR) is 62.9 cm³/mol. The number of thioether (sulfide) groups is 1. The topological polar surface area (TPSA) is 114 Å². The van der Waals surface area contributed by atoms with E-state index in [0.717, 1.165) is 18.0 Å². The molecular weight excluding hydrogens is 268 g/mol. The molecule has 1 heterocycles. The van der Waals surface area contributed by atoms with Gasteiger partial charge >= 0.3 is 5.00 Å². The minimum atomic E-state index is -1.32. The van der Waals surface area contributed by atoms with E-state index >= 15 is 0 Å². The molecule has 0 fully saturated rings. The number of rotatable bonds is 5. The molecule has 0 aliphatic heterocycles. The van der Waals surface area contributed by atoms with Gasteiger partial charge in [-0.2, -0.15) is 0 Å². The third-order valence-electron chi connectivity index (χ3n) is 1.77. The molecule has 0 aromatic carbocycles. The Morgan fingerprint density at radius 3 is 2.82 bits per heavy atom. The molecule has 0 saturated heterocycles. The van der Waals surface area contributed by atoms with E-state index in [9.17, 15) is 25.1 Å². The van der Waals surface area contributed by atoms with E-state index < -0.39 is 17.1 Å². The number of thiazole rings is 1. The maximum absolute atomic E-state index is 10.7. The first-order chi connectivity index (χ1) is 7.91. The minimum Gasteiger partial charge on any atom is -0.389 e. The molecule has 1 rings (SSSR count). The SMILES string of the molecule is CC(=O)SCC(O)C(O)c1ncc([N+](=O)[O-])s1. The van der Waals surface area contributed by atoms with Crippen molar-refractivity contribution in [3.8, 4) is 0 Å². The summed E-state index contributed by atoms with van der Waals surface area (Å²) < 4.78 is 0. The van der Waals surface area contributed by atoms with Gasteiger partial charge in [0.15, 0.2) is 5.12 Å². The van der Waals surface area contributed by atoms with Crippen LogP contribution in [0.2, 0.25) is 0 Å². The lowest BCUT2D eigenvalue weighted by Gasteiger charge is -2.13. The predicted octanol–water partition coefficient (Wildman–Crippen LogP) is 0.725. The van der Waals surface area contributed by atoms with Crippen LogP contribution in [0, 0.1) is 10.1 Å². The molecule has 2 atom stereocenters. The monoisotopic (exact) mass is 278 g/mol. The maximum Gasteiger partial charge on any atom is 0.344 e. The Hall–Kier alpha value is -1.03. The van der Waals surface area contributed by atoms with Crippen molar-refractivity contribution in [1.82, 2.24) is 4.98 Å². The first-order valence-electron chi connectivity index (χ1n) is 4.51. The molecular formula is C8H10N2O5S2. The third kappa shape index (κ3) is 4.04. The van der Waals surface area contributed by atoms with Crippen LogP contribution < -0.4 is 0 Å². The zero-order valence-corrected chi connectivity index (χ0v) is 10.4. The standard InChI is InChI=1S/C8H10N2O5S2/c1-4(11)16-3-5(12)7(13)8-9-2-6(17-8)10(14)15/h2,5,7,12-13H,3H2,1H3. The molecule has 0 amide bonds.